The highest BCUT2D eigenvalue weighted by molar-refractivity contribution is 5.64. The molecule has 66 valence electrons. The molecule has 0 fully saturated rings. The number of anilines is 1. The number of nitrogens with zero attached hydrogens (tertiary/aromatic N) is 1. The SMILES string of the molecule is Cc1ccc(-c2cnco2)cc1N. The van der Waals surface area contributed by atoms with Crippen LogP contribution in [0.15, 0.2) is 35.2 Å². The minimum absolute atomic E-state index is 0.742. The van der Waals surface area contributed by atoms with Crippen LogP contribution in [0.3, 0.4) is 0 Å². The molecule has 2 rings (SSSR count). The molecule has 0 aliphatic heterocycles. The van der Waals surface area contributed by atoms with E-state index < -0.39 is 0 Å². The molecule has 1 aromatic carbocycles. The minimum Gasteiger partial charge on any atom is -0.444 e. The number of benzene rings is 1. The second kappa shape index (κ2) is 2.94. The molecule has 1 heterocycles. The fraction of sp³-hybridized carbons (Fsp3) is 0.100. The Labute approximate surface area is 76.2 Å². The highest BCUT2D eigenvalue weighted by Gasteiger charge is 2.02. The molecular formula is C10H10N2O. The molecule has 0 saturated heterocycles. The van der Waals surface area contributed by atoms with Crippen molar-refractivity contribution in [2.24, 2.45) is 0 Å². The molecular weight excluding hydrogens is 164 g/mol. The van der Waals surface area contributed by atoms with Crippen molar-refractivity contribution in [2.45, 2.75) is 6.92 Å². The van der Waals surface area contributed by atoms with Crippen LogP contribution in [-0.4, -0.2) is 4.98 Å². The summed E-state index contributed by atoms with van der Waals surface area (Å²) in [6, 6.07) is 5.81. The van der Waals surface area contributed by atoms with Gasteiger partial charge in [0.15, 0.2) is 12.2 Å². The Morgan fingerprint density at radius 3 is 2.85 bits per heavy atom. The zero-order valence-electron chi connectivity index (χ0n) is 7.32. The van der Waals surface area contributed by atoms with Crippen molar-refractivity contribution < 1.29 is 4.42 Å². The number of aryl methyl sites for hydroxylation is 1. The molecule has 0 atom stereocenters. The standard InChI is InChI=1S/C10H10N2O/c1-7-2-3-8(4-9(7)11)10-5-12-6-13-10/h2-6H,11H2,1H3. The first-order valence-corrected chi connectivity index (χ1v) is 4.02. The van der Waals surface area contributed by atoms with Gasteiger partial charge in [-0.15, -0.1) is 0 Å². The van der Waals surface area contributed by atoms with Gasteiger partial charge in [-0.25, -0.2) is 4.98 Å². The van der Waals surface area contributed by atoms with Crippen LogP contribution < -0.4 is 5.73 Å². The molecule has 2 aromatic rings. The maximum atomic E-state index is 5.76. The van der Waals surface area contributed by atoms with E-state index in [1.165, 1.54) is 6.39 Å². The quantitative estimate of drug-likeness (QED) is 0.674. The summed E-state index contributed by atoms with van der Waals surface area (Å²) < 4.78 is 5.15. The molecule has 1 aromatic heterocycles. The van der Waals surface area contributed by atoms with Gasteiger partial charge in [0.1, 0.15) is 0 Å². The van der Waals surface area contributed by atoms with E-state index in [9.17, 15) is 0 Å². The Bertz CT molecular complexity index is 407. The van der Waals surface area contributed by atoms with Gasteiger partial charge >= 0.3 is 0 Å². The molecule has 0 radical (unpaired) electrons. The predicted octanol–water partition coefficient (Wildman–Crippen LogP) is 2.23. The largest absolute Gasteiger partial charge is 0.444 e. The minimum atomic E-state index is 0.742. The molecule has 0 amide bonds. The molecule has 0 bridgehead atoms. The van der Waals surface area contributed by atoms with E-state index in [0.29, 0.717) is 0 Å². The number of hydrogen-bond donors (Lipinski definition) is 1. The Hall–Kier alpha value is -1.77. The van der Waals surface area contributed by atoms with E-state index in [0.717, 1.165) is 22.6 Å². The zero-order valence-corrected chi connectivity index (χ0v) is 7.32. The second-order valence-corrected chi connectivity index (χ2v) is 2.94. The number of oxazole rings is 1. The molecule has 0 spiro atoms. The van der Waals surface area contributed by atoms with Crippen molar-refractivity contribution in [3.8, 4) is 11.3 Å². The van der Waals surface area contributed by atoms with Crippen molar-refractivity contribution >= 4 is 5.69 Å². The van der Waals surface area contributed by atoms with Crippen molar-refractivity contribution in [1.82, 2.24) is 4.98 Å². The van der Waals surface area contributed by atoms with E-state index in [1.807, 2.05) is 25.1 Å². The molecule has 3 nitrogen and oxygen atoms in total. The highest BCUT2D eigenvalue weighted by Crippen LogP contribution is 2.22. The topological polar surface area (TPSA) is 52.0 Å². The van der Waals surface area contributed by atoms with Crippen LogP contribution in [0.4, 0.5) is 5.69 Å². The van der Waals surface area contributed by atoms with Crippen LogP contribution in [0.2, 0.25) is 0 Å². The molecule has 0 saturated carbocycles. The summed E-state index contributed by atoms with van der Waals surface area (Å²) >= 11 is 0. The zero-order chi connectivity index (χ0) is 9.26. The molecule has 0 unspecified atom stereocenters. The van der Waals surface area contributed by atoms with Crippen molar-refractivity contribution in [1.29, 1.82) is 0 Å². The number of nitrogen functional groups attached to an aromatic ring is 1. The highest BCUT2D eigenvalue weighted by atomic mass is 16.3. The Kier molecular flexibility index (Phi) is 1.77. The fourth-order valence-electron chi connectivity index (χ4n) is 1.15. The molecule has 0 aliphatic carbocycles. The lowest BCUT2D eigenvalue weighted by atomic mass is 10.1. The molecule has 3 heteroatoms. The average molecular weight is 174 g/mol. The lowest BCUT2D eigenvalue weighted by Crippen LogP contribution is -1.89. The third-order valence-corrected chi connectivity index (χ3v) is 2.00. The maximum absolute atomic E-state index is 5.76. The lowest BCUT2D eigenvalue weighted by molar-refractivity contribution is 0.572. The van der Waals surface area contributed by atoms with E-state index in [-0.39, 0.29) is 0 Å². The van der Waals surface area contributed by atoms with Gasteiger partial charge in [0, 0.05) is 11.3 Å². The summed E-state index contributed by atoms with van der Waals surface area (Å²) in [4.78, 5) is 3.84. The summed E-state index contributed by atoms with van der Waals surface area (Å²) in [6.07, 6.45) is 3.08. The number of rotatable bonds is 1. The third kappa shape index (κ3) is 1.40. The molecule has 2 N–H and O–H groups in total. The van der Waals surface area contributed by atoms with E-state index in [2.05, 4.69) is 4.98 Å². The van der Waals surface area contributed by atoms with Gasteiger partial charge in [-0.1, -0.05) is 12.1 Å². The van der Waals surface area contributed by atoms with Crippen LogP contribution in [0.5, 0.6) is 0 Å². The van der Waals surface area contributed by atoms with E-state index in [1.54, 1.807) is 6.20 Å². The lowest BCUT2D eigenvalue weighted by Gasteiger charge is -2.01. The fourth-order valence-corrected chi connectivity index (χ4v) is 1.15. The maximum Gasteiger partial charge on any atom is 0.181 e. The first-order valence-electron chi connectivity index (χ1n) is 4.02. The van der Waals surface area contributed by atoms with Gasteiger partial charge in [0.25, 0.3) is 0 Å². The van der Waals surface area contributed by atoms with Gasteiger partial charge < -0.3 is 10.2 Å². The van der Waals surface area contributed by atoms with Crippen LogP contribution >= 0.6 is 0 Å². The predicted molar refractivity (Wildman–Crippen MR) is 51.1 cm³/mol. The number of nitrogens with two attached hydrogens (primary N) is 1. The summed E-state index contributed by atoms with van der Waals surface area (Å²) in [6.45, 7) is 1.97. The first kappa shape index (κ1) is 7.86. The summed E-state index contributed by atoms with van der Waals surface area (Å²) in [5.74, 6) is 0.742. The van der Waals surface area contributed by atoms with Gasteiger partial charge in [0.2, 0.25) is 0 Å². The van der Waals surface area contributed by atoms with Crippen LogP contribution in [-0.2, 0) is 0 Å². The summed E-state index contributed by atoms with van der Waals surface area (Å²) in [7, 11) is 0. The monoisotopic (exact) mass is 174 g/mol. The van der Waals surface area contributed by atoms with Crippen molar-refractivity contribution in [3.05, 3.63) is 36.4 Å². The van der Waals surface area contributed by atoms with E-state index in [4.69, 9.17) is 10.2 Å². The van der Waals surface area contributed by atoms with Crippen LogP contribution in [0.25, 0.3) is 11.3 Å². The Balaban J connectivity index is 2.49. The smallest absolute Gasteiger partial charge is 0.181 e. The van der Waals surface area contributed by atoms with Crippen molar-refractivity contribution in [3.63, 3.8) is 0 Å². The molecule has 13 heavy (non-hydrogen) atoms. The summed E-state index contributed by atoms with van der Waals surface area (Å²) in [5, 5.41) is 0. The summed E-state index contributed by atoms with van der Waals surface area (Å²) in [5.41, 5.74) is 8.57. The van der Waals surface area contributed by atoms with Crippen LogP contribution in [0, 0.1) is 6.92 Å². The average Bonchev–Trinajstić information content (AvgIpc) is 2.62. The van der Waals surface area contributed by atoms with Gasteiger partial charge in [-0.3, -0.25) is 0 Å². The van der Waals surface area contributed by atoms with Crippen molar-refractivity contribution in [2.75, 3.05) is 5.73 Å². The van der Waals surface area contributed by atoms with Crippen LogP contribution in [0.1, 0.15) is 5.56 Å². The van der Waals surface area contributed by atoms with Gasteiger partial charge in [-0.05, 0) is 18.6 Å². The Morgan fingerprint density at radius 1 is 1.38 bits per heavy atom. The van der Waals surface area contributed by atoms with Gasteiger partial charge in [0.05, 0.1) is 6.20 Å². The third-order valence-electron chi connectivity index (χ3n) is 2.00. The first-order chi connectivity index (χ1) is 6.27. The molecule has 0 aliphatic rings. The normalized spacial score (nSPS) is 10.2. The number of hydrogen-bond acceptors (Lipinski definition) is 3. The van der Waals surface area contributed by atoms with E-state index >= 15 is 0 Å². The second-order valence-electron chi connectivity index (χ2n) is 2.94. The van der Waals surface area contributed by atoms with Gasteiger partial charge in [-0.2, -0.15) is 0 Å². The number of aromatic nitrogens is 1. The Morgan fingerprint density at radius 2 is 2.23 bits per heavy atom.